The third kappa shape index (κ3) is 3.19. The van der Waals surface area contributed by atoms with Crippen molar-refractivity contribution in [3.8, 4) is 6.07 Å². The fourth-order valence-corrected chi connectivity index (χ4v) is 2.31. The lowest BCUT2D eigenvalue weighted by atomic mass is 9.72. The first-order valence-corrected chi connectivity index (χ1v) is 5.79. The molecule has 15 heavy (non-hydrogen) atoms. The lowest BCUT2D eigenvalue weighted by Crippen LogP contribution is -2.49. The molecule has 0 radical (unpaired) electrons. The maximum atomic E-state index is 9.29. The van der Waals surface area contributed by atoms with Crippen LogP contribution in [0.3, 0.4) is 0 Å². The summed E-state index contributed by atoms with van der Waals surface area (Å²) in [5.74, 6) is 1.38. The van der Waals surface area contributed by atoms with E-state index in [0.29, 0.717) is 12.5 Å². The second-order valence-electron chi connectivity index (χ2n) is 4.81. The fraction of sp³-hybridized carbons (Fsp3) is 0.917. The van der Waals surface area contributed by atoms with Crippen molar-refractivity contribution in [2.24, 2.45) is 11.8 Å². The van der Waals surface area contributed by atoms with Gasteiger partial charge in [-0.25, -0.2) is 0 Å². The number of rotatable bonds is 4. The van der Waals surface area contributed by atoms with Crippen LogP contribution in [0.25, 0.3) is 0 Å². The third-order valence-corrected chi connectivity index (χ3v) is 3.65. The first-order chi connectivity index (χ1) is 7.13. The van der Waals surface area contributed by atoms with Gasteiger partial charge in [-0.15, -0.1) is 0 Å². The summed E-state index contributed by atoms with van der Waals surface area (Å²) in [6, 6.07) is 2.46. The Morgan fingerprint density at radius 3 is 2.73 bits per heavy atom. The molecular weight excluding hydrogens is 188 g/mol. The Morgan fingerprint density at radius 1 is 1.47 bits per heavy atom. The molecule has 0 aromatic rings. The quantitative estimate of drug-likeness (QED) is 0.721. The van der Waals surface area contributed by atoms with Crippen LogP contribution in [0.5, 0.6) is 0 Å². The smallest absolute Gasteiger partial charge is 0.107 e. The van der Waals surface area contributed by atoms with Crippen molar-refractivity contribution in [2.75, 3.05) is 20.3 Å². The third-order valence-electron chi connectivity index (χ3n) is 3.65. The van der Waals surface area contributed by atoms with Crippen molar-refractivity contribution in [3.05, 3.63) is 0 Å². The molecule has 0 aromatic carbocycles. The lowest BCUT2D eigenvalue weighted by molar-refractivity contribution is 0.154. The molecule has 1 aliphatic carbocycles. The van der Waals surface area contributed by atoms with Crippen LogP contribution in [-0.2, 0) is 4.74 Å². The molecule has 3 nitrogen and oxygen atoms in total. The van der Waals surface area contributed by atoms with Gasteiger partial charge >= 0.3 is 0 Å². The molecule has 1 saturated carbocycles. The van der Waals surface area contributed by atoms with Crippen LogP contribution in [0.4, 0.5) is 0 Å². The standard InChI is InChI=1S/C12H22N2O/c1-10-4-5-12(9-13,8-11(10)2)14-6-7-15-3/h10-11,14H,4-8H2,1-3H3. The summed E-state index contributed by atoms with van der Waals surface area (Å²) in [6.07, 6.45) is 3.09. The Kier molecular flexibility index (Phi) is 4.56. The van der Waals surface area contributed by atoms with Gasteiger partial charge in [0.05, 0.1) is 12.7 Å². The second kappa shape index (κ2) is 5.48. The van der Waals surface area contributed by atoms with E-state index in [-0.39, 0.29) is 5.54 Å². The number of hydrogen-bond donors (Lipinski definition) is 1. The van der Waals surface area contributed by atoms with E-state index < -0.39 is 0 Å². The molecule has 1 rings (SSSR count). The normalized spacial score (nSPS) is 36.1. The molecule has 3 unspecified atom stereocenters. The van der Waals surface area contributed by atoms with Crippen LogP contribution in [0.2, 0.25) is 0 Å². The summed E-state index contributed by atoms with van der Waals surface area (Å²) in [6.45, 7) is 5.97. The number of nitrogens with zero attached hydrogens (tertiary/aromatic N) is 1. The van der Waals surface area contributed by atoms with Gasteiger partial charge in [0.15, 0.2) is 0 Å². The molecule has 3 atom stereocenters. The number of ether oxygens (including phenoxy) is 1. The van der Waals surface area contributed by atoms with E-state index in [1.54, 1.807) is 7.11 Å². The van der Waals surface area contributed by atoms with Gasteiger partial charge in [-0.2, -0.15) is 5.26 Å². The van der Waals surface area contributed by atoms with E-state index in [0.717, 1.165) is 31.7 Å². The number of nitriles is 1. The zero-order valence-corrected chi connectivity index (χ0v) is 10.0. The molecule has 3 heteroatoms. The predicted molar refractivity (Wildman–Crippen MR) is 60.4 cm³/mol. The minimum absolute atomic E-state index is 0.301. The largest absolute Gasteiger partial charge is 0.383 e. The maximum absolute atomic E-state index is 9.29. The molecule has 0 heterocycles. The molecule has 0 spiro atoms. The highest BCUT2D eigenvalue weighted by atomic mass is 16.5. The Balaban J connectivity index is 2.50. The summed E-state index contributed by atoms with van der Waals surface area (Å²) in [5, 5.41) is 12.6. The second-order valence-corrected chi connectivity index (χ2v) is 4.81. The van der Waals surface area contributed by atoms with Gasteiger partial charge < -0.3 is 4.74 Å². The summed E-state index contributed by atoms with van der Waals surface area (Å²) in [4.78, 5) is 0. The van der Waals surface area contributed by atoms with E-state index in [9.17, 15) is 5.26 Å². The minimum Gasteiger partial charge on any atom is -0.383 e. The minimum atomic E-state index is -0.301. The summed E-state index contributed by atoms with van der Waals surface area (Å²) in [7, 11) is 1.69. The van der Waals surface area contributed by atoms with E-state index in [2.05, 4.69) is 25.2 Å². The fourth-order valence-electron chi connectivity index (χ4n) is 2.31. The van der Waals surface area contributed by atoms with Gasteiger partial charge in [0, 0.05) is 13.7 Å². The molecule has 1 N–H and O–H groups in total. The number of hydrogen-bond acceptors (Lipinski definition) is 3. The predicted octanol–water partition coefficient (Wildman–Crippen LogP) is 1.94. The molecular formula is C12H22N2O. The van der Waals surface area contributed by atoms with E-state index in [1.807, 2.05) is 0 Å². The molecule has 0 saturated heterocycles. The Bertz CT molecular complexity index is 236. The van der Waals surface area contributed by atoms with Gasteiger partial charge in [0.25, 0.3) is 0 Å². The van der Waals surface area contributed by atoms with E-state index >= 15 is 0 Å². The van der Waals surface area contributed by atoms with Crippen LogP contribution in [-0.4, -0.2) is 25.8 Å². The molecule has 0 aliphatic heterocycles. The SMILES string of the molecule is COCCNC1(C#N)CCC(C)C(C)C1. The van der Waals surface area contributed by atoms with Gasteiger partial charge in [-0.05, 0) is 31.1 Å². The Hall–Kier alpha value is -0.590. The van der Waals surface area contributed by atoms with Crippen LogP contribution in [0.15, 0.2) is 0 Å². The van der Waals surface area contributed by atoms with Crippen LogP contribution >= 0.6 is 0 Å². The lowest BCUT2D eigenvalue weighted by Gasteiger charge is -2.38. The maximum Gasteiger partial charge on any atom is 0.107 e. The van der Waals surface area contributed by atoms with Crippen LogP contribution in [0, 0.1) is 23.2 Å². The molecule has 0 amide bonds. The number of methoxy groups -OCH3 is 1. The zero-order valence-electron chi connectivity index (χ0n) is 10.0. The van der Waals surface area contributed by atoms with Gasteiger partial charge in [0.1, 0.15) is 5.54 Å². The first kappa shape index (κ1) is 12.5. The van der Waals surface area contributed by atoms with Gasteiger partial charge in [-0.1, -0.05) is 13.8 Å². The van der Waals surface area contributed by atoms with Gasteiger partial charge in [-0.3, -0.25) is 5.32 Å². The topological polar surface area (TPSA) is 45.0 Å². The Labute approximate surface area is 92.8 Å². The van der Waals surface area contributed by atoms with Crippen LogP contribution in [0.1, 0.15) is 33.1 Å². The monoisotopic (exact) mass is 210 g/mol. The van der Waals surface area contributed by atoms with Crippen molar-refractivity contribution in [3.63, 3.8) is 0 Å². The van der Waals surface area contributed by atoms with Crippen molar-refractivity contribution in [1.29, 1.82) is 5.26 Å². The van der Waals surface area contributed by atoms with E-state index in [4.69, 9.17) is 4.74 Å². The van der Waals surface area contributed by atoms with Crippen molar-refractivity contribution >= 4 is 0 Å². The summed E-state index contributed by atoms with van der Waals surface area (Å²) in [5.41, 5.74) is -0.301. The molecule has 1 fully saturated rings. The van der Waals surface area contributed by atoms with Crippen molar-refractivity contribution in [1.82, 2.24) is 5.32 Å². The average Bonchev–Trinajstić information content (AvgIpc) is 2.24. The first-order valence-electron chi connectivity index (χ1n) is 5.79. The molecule has 0 bridgehead atoms. The highest BCUT2D eigenvalue weighted by Crippen LogP contribution is 2.35. The van der Waals surface area contributed by atoms with Gasteiger partial charge in [0.2, 0.25) is 0 Å². The van der Waals surface area contributed by atoms with Crippen molar-refractivity contribution in [2.45, 2.75) is 38.6 Å². The Morgan fingerprint density at radius 2 is 2.20 bits per heavy atom. The molecule has 86 valence electrons. The summed E-state index contributed by atoms with van der Waals surface area (Å²) >= 11 is 0. The molecule has 0 aromatic heterocycles. The van der Waals surface area contributed by atoms with Crippen molar-refractivity contribution < 1.29 is 4.74 Å². The molecule has 1 aliphatic rings. The average molecular weight is 210 g/mol. The number of nitrogens with one attached hydrogen (secondary N) is 1. The zero-order chi connectivity index (χ0) is 11.3. The highest BCUT2D eigenvalue weighted by molar-refractivity contribution is 5.10. The summed E-state index contributed by atoms with van der Waals surface area (Å²) < 4.78 is 5.00. The van der Waals surface area contributed by atoms with E-state index in [1.165, 1.54) is 0 Å². The van der Waals surface area contributed by atoms with Crippen LogP contribution < -0.4 is 5.32 Å². The highest BCUT2D eigenvalue weighted by Gasteiger charge is 2.37.